The Bertz CT molecular complexity index is 1110. The predicted octanol–water partition coefficient (Wildman–Crippen LogP) is 3.09. The summed E-state index contributed by atoms with van der Waals surface area (Å²) in [6.07, 6.45) is 1.30. The summed E-state index contributed by atoms with van der Waals surface area (Å²) in [6, 6.07) is 8.72. The number of anilines is 1. The van der Waals surface area contributed by atoms with Gasteiger partial charge in [-0.25, -0.2) is 14.5 Å². The van der Waals surface area contributed by atoms with Crippen LogP contribution in [0.4, 0.5) is 10.5 Å². The smallest absolute Gasteiger partial charge is 0.341 e. The molecule has 0 atom stereocenters. The van der Waals surface area contributed by atoms with Crippen molar-refractivity contribution in [1.29, 1.82) is 0 Å². The van der Waals surface area contributed by atoms with Gasteiger partial charge in [-0.15, -0.1) is 0 Å². The van der Waals surface area contributed by atoms with Crippen LogP contribution < -0.4 is 15.0 Å². The van der Waals surface area contributed by atoms with Gasteiger partial charge < -0.3 is 9.84 Å². The van der Waals surface area contributed by atoms with Gasteiger partial charge in [0.05, 0.1) is 10.7 Å². The number of ether oxygens (including phenoxy) is 1. The van der Waals surface area contributed by atoms with Gasteiger partial charge in [0.2, 0.25) is 0 Å². The lowest BCUT2D eigenvalue weighted by molar-refractivity contribution is -0.139. The lowest BCUT2D eigenvalue weighted by Crippen LogP contribution is -2.54. The molecule has 0 saturated carbocycles. The first-order valence-electron chi connectivity index (χ1n) is 8.81. The van der Waals surface area contributed by atoms with Crippen LogP contribution in [0, 0.1) is 13.8 Å². The Labute approximate surface area is 176 Å². The van der Waals surface area contributed by atoms with E-state index in [0.29, 0.717) is 11.3 Å². The van der Waals surface area contributed by atoms with Crippen LogP contribution >= 0.6 is 11.6 Å². The normalized spacial score (nSPS) is 15.4. The number of carboxylic acid groups (broad SMARTS) is 1. The second kappa shape index (κ2) is 8.38. The fraction of sp³-hybridized carbons (Fsp3) is 0.143. The number of aryl methyl sites for hydroxylation is 1. The lowest BCUT2D eigenvalue weighted by Gasteiger charge is -2.28. The number of rotatable bonds is 5. The van der Waals surface area contributed by atoms with Crippen molar-refractivity contribution >= 4 is 47.2 Å². The number of barbiturate groups is 1. The SMILES string of the molecule is Cc1cccc(N2C(=O)NC(=O)C(=Cc3ccc(OCC(=O)O)c(Cl)c3)C2=O)c1C. The topological polar surface area (TPSA) is 113 Å². The molecule has 2 aromatic rings. The molecule has 0 aromatic heterocycles. The van der Waals surface area contributed by atoms with E-state index in [1.165, 1.54) is 24.3 Å². The molecule has 0 aliphatic carbocycles. The Balaban J connectivity index is 1.96. The molecule has 1 saturated heterocycles. The van der Waals surface area contributed by atoms with E-state index < -0.39 is 30.4 Å². The van der Waals surface area contributed by atoms with E-state index >= 15 is 0 Å². The maximum Gasteiger partial charge on any atom is 0.341 e. The van der Waals surface area contributed by atoms with Crippen molar-refractivity contribution in [1.82, 2.24) is 5.32 Å². The van der Waals surface area contributed by atoms with Crippen molar-refractivity contribution in [2.75, 3.05) is 11.5 Å². The summed E-state index contributed by atoms with van der Waals surface area (Å²) in [5.74, 6) is -2.60. The van der Waals surface area contributed by atoms with Gasteiger partial charge in [-0.1, -0.05) is 29.8 Å². The minimum absolute atomic E-state index is 0.108. The van der Waals surface area contributed by atoms with E-state index in [-0.39, 0.29) is 16.3 Å². The Kier molecular flexibility index (Phi) is 5.89. The van der Waals surface area contributed by atoms with Gasteiger partial charge in [0.1, 0.15) is 11.3 Å². The molecule has 3 rings (SSSR count). The number of halogens is 1. The second-order valence-electron chi connectivity index (χ2n) is 6.55. The largest absolute Gasteiger partial charge is 0.480 e. The summed E-state index contributed by atoms with van der Waals surface area (Å²) in [7, 11) is 0. The Morgan fingerprint density at radius 1 is 1.20 bits per heavy atom. The number of nitrogens with one attached hydrogen (secondary N) is 1. The number of hydrogen-bond donors (Lipinski definition) is 2. The van der Waals surface area contributed by atoms with Gasteiger partial charge in [0, 0.05) is 0 Å². The summed E-state index contributed by atoms with van der Waals surface area (Å²) in [4.78, 5) is 49.2. The van der Waals surface area contributed by atoms with Crippen LogP contribution in [0.3, 0.4) is 0 Å². The molecule has 2 N–H and O–H groups in total. The average Bonchev–Trinajstić information content (AvgIpc) is 2.67. The van der Waals surface area contributed by atoms with Gasteiger partial charge in [-0.3, -0.25) is 14.9 Å². The first-order valence-corrected chi connectivity index (χ1v) is 9.18. The molecule has 1 fully saturated rings. The van der Waals surface area contributed by atoms with Crippen molar-refractivity contribution in [2.45, 2.75) is 13.8 Å². The minimum Gasteiger partial charge on any atom is -0.480 e. The molecule has 4 amide bonds. The first kappa shape index (κ1) is 21.1. The second-order valence-corrected chi connectivity index (χ2v) is 6.96. The Hall–Kier alpha value is -3.65. The van der Waals surface area contributed by atoms with Crippen LogP contribution in [0.1, 0.15) is 16.7 Å². The highest BCUT2D eigenvalue weighted by Gasteiger charge is 2.37. The molecule has 0 spiro atoms. The molecule has 1 aliphatic rings. The van der Waals surface area contributed by atoms with Gasteiger partial charge >= 0.3 is 12.0 Å². The lowest BCUT2D eigenvalue weighted by atomic mass is 10.0. The third kappa shape index (κ3) is 4.18. The number of benzene rings is 2. The number of urea groups is 1. The third-order valence-corrected chi connectivity index (χ3v) is 4.83. The monoisotopic (exact) mass is 428 g/mol. The quantitative estimate of drug-likeness (QED) is 0.559. The number of carbonyl (C=O) groups excluding carboxylic acids is 3. The molecule has 0 radical (unpaired) electrons. The highest BCUT2D eigenvalue weighted by Crippen LogP contribution is 2.29. The summed E-state index contributed by atoms with van der Waals surface area (Å²) in [5, 5.41) is 11.0. The minimum atomic E-state index is -1.15. The molecule has 9 heteroatoms. The number of imide groups is 2. The number of amides is 4. The molecule has 8 nitrogen and oxygen atoms in total. The van der Waals surface area contributed by atoms with Crippen LogP contribution in [0.5, 0.6) is 5.75 Å². The van der Waals surface area contributed by atoms with E-state index in [1.54, 1.807) is 19.1 Å². The fourth-order valence-corrected chi connectivity index (χ4v) is 3.13. The highest BCUT2D eigenvalue weighted by atomic mass is 35.5. The van der Waals surface area contributed by atoms with Crippen LogP contribution in [0.2, 0.25) is 5.02 Å². The van der Waals surface area contributed by atoms with Crippen molar-refractivity contribution in [3.05, 3.63) is 63.7 Å². The number of nitrogens with zero attached hydrogens (tertiary/aromatic N) is 1. The summed E-state index contributed by atoms with van der Waals surface area (Å²) >= 11 is 6.09. The predicted molar refractivity (Wildman–Crippen MR) is 110 cm³/mol. The summed E-state index contributed by atoms with van der Waals surface area (Å²) in [6.45, 7) is 3.07. The average molecular weight is 429 g/mol. The molecule has 0 unspecified atom stereocenters. The number of aliphatic carboxylic acids is 1. The number of carbonyl (C=O) groups is 4. The van der Waals surface area contributed by atoms with Crippen molar-refractivity contribution in [3.8, 4) is 5.75 Å². The molecule has 0 bridgehead atoms. The highest BCUT2D eigenvalue weighted by molar-refractivity contribution is 6.39. The summed E-state index contributed by atoms with van der Waals surface area (Å²) < 4.78 is 5.05. The maximum atomic E-state index is 13.0. The van der Waals surface area contributed by atoms with Crippen molar-refractivity contribution in [2.24, 2.45) is 0 Å². The van der Waals surface area contributed by atoms with Gasteiger partial charge in [0.15, 0.2) is 6.61 Å². The number of carboxylic acids is 1. The zero-order chi connectivity index (χ0) is 22.0. The summed E-state index contributed by atoms with van der Waals surface area (Å²) in [5.41, 5.74) is 2.16. The third-order valence-electron chi connectivity index (χ3n) is 4.54. The van der Waals surface area contributed by atoms with Crippen LogP contribution in [0.25, 0.3) is 6.08 Å². The van der Waals surface area contributed by atoms with E-state index in [9.17, 15) is 19.2 Å². The first-order chi connectivity index (χ1) is 14.2. The Morgan fingerprint density at radius 2 is 1.93 bits per heavy atom. The fourth-order valence-electron chi connectivity index (χ4n) is 2.88. The molecule has 1 heterocycles. The zero-order valence-corrected chi connectivity index (χ0v) is 16.8. The van der Waals surface area contributed by atoms with Crippen LogP contribution in [-0.4, -0.2) is 35.5 Å². The molecule has 1 aliphatic heterocycles. The van der Waals surface area contributed by atoms with Crippen molar-refractivity contribution < 1.29 is 29.0 Å². The van der Waals surface area contributed by atoms with Gasteiger partial charge in [-0.2, -0.15) is 0 Å². The molecular weight excluding hydrogens is 412 g/mol. The molecule has 30 heavy (non-hydrogen) atoms. The van der Waals surface area contributed by atoms with Crippen LogP contribution in [0.15, 0.2) is 42.0 Å². The van der Waals surface area contributed by atoms with E-state index in [1.807, 2.05) is 13.0 Å². The van der Waals surface area contributed by atoms with Crippen LogP contribution in [-0.2, 0) is 14.4 Å². The zero-order valence-electron chi connectivity index (χ0n) is 16.1. The van der Waals surface area contributed by atoms with E-state index in [4.69, 9.17) is 21.4 Å². The number of hydrogen-bond acceptors (Lipinski definition) is 5. The van der Waals surface area contributed by atoms with Gasteiger partial charge in [0.25, 0.3) is 11.8 Å². The van der Waals surface area contributed by atoms with E-state index in [0.717, 1.165) is 16.0 Å². The van der Waals surface area contributed by atoms with Gasteiger partial charge in [-0.05, 0) is 54.8 Å². The molecule has 2 aromatic carbocycles. The van der Waals surface area contributed by atoms with Crippen molar-refractivity contribution in [3.63, 3.8) is 0 Å². The maximum absolute atomic E-state index is 13.0. The Morgan fingerprint density at radius 3 is 2.60 bits per heavy atom. The standard InChI is InChI=1S/C21H17ClN2O6/c1-11-4-3-5-16(12(11)2)24-20(28)14(19(27)23-21(24)29)8-13-6-7-17(15(22)9-13)30-10-18(25)26/h3-9H,10H2,1-2H3,(H,25,26)(H,23,27,29). The van der Waals surface area contributed by atoms with E-state index in [2.05, 4.69) is 5.32 Å². The molecular formula is C21H17ClN2O6. The molecule has 154 valence electrons.